The van der Waals surface area contributed by atoms with E-state index in [0.29, 0.717) is 0 Å². The number of aliphatic carboxylic acids is 1. The Bertz CT molecular complexity index is 163. The van der Waals surface area contributed by atoms with Crippen LogP contribution in [0.3, 0.4) is 0 Å². The minimum atomic E-state index is -0.954. The Morgan fingerprint density at radius 1 is 0.636 bits per heavy atom. The number of rotatable bonds is 6. The number of aliphatic hydroxyl groups is 9. The number of carbonyl (C=O) groups is 1. The zero-order valence-corrected chi connectivity index (χ0v) is 12.4. The number of aliphatic hydroxyl groups excluding tert-OH is 9. The van der Waals surface area contributed by atoms with Gasteiger partial charge in [0.05, 0.1) is 39.6 Å². The Morgan fingerprint density at radius 2 is 0.727 bits per heavy atom. The number of carboxylic acids is 1. The zero-order chi connectivity index (χ0) is 18.6. The lowest BCUT2D eigenvalue weighted by molar-refractivity contribution is -0.134. The number of hydrogen-bond acceptors (Lipinski definition) is 10. The molecule has 22 heavy (non-hydrogen) atoms. The van der Waals surface area contributed by atoms with E-state index in [-0.39, 0.29) is 39.6 Å². The Hall–Kier alpha value is -0.890. The fourth-order valence-corrected chi connectivity index (χ4v) is 0.173. The van der Waals surface area contributed by atoms with Crippen LogP contribution in [0.15, 0.2) is 0 Å². The van der Waals surface area contributed by atoms with Gasteiger partial charge in [0.2, 0.25) is 0 Å². The Kier molecular flexibility index (Phi) is 33.3. The molecule has 0 saturated heterocycles. The molecule has 0 unspecified atom stereocenters. The SMILES string of the molecule is CC(=O)O.OCC(O)CO.OCC(O)CO.OCC(O)CO. The fraction of sp³-hybridized carbons (Fsp3) is 0.909. The summed E-state index contributed by atoms with van der Waals surface area (Å²) in [7, 11) is 0. The van der Waals surface area contributed by atoms with E-state index >= 15 is 0 Å². The van der Waals surface area contributed by atoms with Crippen LogP contribution in [0.25, 0.3) is 0 Å². The smallest absolute Gasteiger partial charge is 0.300 e. The molecule has 0 aliphatic heterocycles. The average molecular weight is 336 g/mol. The molecule has 138 valence electrons. The molecule has 0 rings (SSSR count). The first-order chi connectivity index (χ1) is 10.2. The van der Waals surface area contributed by atoms with E-state index in [1.807, 2.05) is 0 Å². The van der Waals surface area contributed by atoms with Crippen molar-refractivity contribution >= 4 is 5.97 Å². The lowest BCUT2D eigenvalue weighted by atomic mass is 10.4. The molecule has 11 heteroatoms. The minimum Gasteiger partial charge on any atom is -0.481 e. The summed E-state index contributed by atoms with van der Waals surface area (Å²) in [5.74, 6) is -0.833. The molecule has 10 N–H and O–H groups in total. The van der Waals surface area contributed by atoms with E-state index in [4.69, 9.17) is 55.9 Å². The second-order valence-corrected chi connectivity index (χ2v) is 3.58. The van der Waals surface area contributed by atoms with Gasteiger partial charge in [0.25, 0.3) is 5.97 Å². The fourth-order valence-electron chi connectivity index (χ4n) is 0.173. The molecule has 0 fully saturated rings. The van der Waals surface area contributed by atoms with Gasteiger partial charge in [-0.05, 0) is 0 Å². The lowest BCUT2D eigenvalue weighted by Gasteiger charge is -1.96. The standard InChI is InChI=1S/3C3H8O3.C2H4O2/c3*4-1-3(6)2-5;1-2(3)4/h3*3-6H,1-2H2;1H3,(H,3,4). The van der Waals surface area contributed by atoms with Gasteiger partial charge in [-0.3, -0.25) is 4.79 Å². The molecule has 0 radical (unpaired) electrons. The highest BCUT2D eigenvalue weighted by Crippen LogP contribution is 1.72. The van der Waals surface area contributed by atoms with Crippen molar-refractivity contribution in [2.45, 2.75) is 25.2 Å². The van der Waals surface area contributed by atoms with E-state index in [2.05, 4.69) is 0 Å². The predicted molar refractivity (Wildman–Crippen MR) is 73.8 cm³/mol. The summed E-state index contributed by atoms with van der Waals surface area (Å²) in [4.78, 5) is 9.00. The van der Waals surface area contributed by atoms with Crippen LogP contribution in [0, 0.1) is 0 Å². The van der Waals surface area contributed by atoms with E-state index in [1.165, 1.54) is 0 Å². The van der Waals surface area contributed by atoms with Crippen molar-refractivity contribution in [3.63, 3.8) is 0 Å². The molecule has 0 atom stereocenters. The van der Waals surface area contributed by atoms with Gasteiger partial charge in [0.1, 0.15) is 18.3 Å². The lowest BCUT2D eigenvalue weighted by Crippen LogP contribution is -2.15. The van der Waals surface area contributed by atoms with Crippen LogP contribution >= 0.6 is 0 Å². The van der Waals surface area contributed by atoms with Crippen LogP contribution in [0.1, 0.15) is 6.92 Å². The third-order valence-corrected chi connectivity index (χ3v) is 1.26. The molecule has 0 aliphatic carbocycles. The zero-order valence-electron chi connectivity index (χ0n) is 12.4. The topological polar surface area (TPSA) is 219 Å². The highest BCUT2D eigenvalue weighted by Gasteiger charge is 1.94. The normalized spacial score (nSPS) is 9.32. The van der Waals surface area contributed by atoms with Gasteiger partial charge < -0.3 is 51.1 Å². The summed E-state index contributed by atoms with van der Waals surface area (Å²) in [6.45, 7) is -1.10. The van der Waals surface area contributed by atoms with Crippen molar-refractivity contribution in [1.82, 2.24) is 0 Å². The molecular formula is C11H28O11. The summed E-state index contributed by atoms with van der Waals surface area (Å²) in [5.41, 5.74) is 0. The van der Waals surface area contributed by atoms with Gasteiger partial charge in [-0.2, -0.15) is 0 Å². The van der Waals surface area contributed by atoms with Gasteiger partial charge in [0, 0.05) is 6.92 Å². The average Bonchev–Trinajstić information content (AvgIpc) is 2.52. The van der Waals surface area contributed by atoms with Crippen LogP contribution in [-0.2, 0) is 4.79 Å². The first kappa shape index (κ1) is 29.2. The van der Waals surface area contributed by atoms with Gasteiger partial charge in [0.15, 0.2) is 0 Å². The van der Waals surface area contributed by atoms with E-state index in [9.17, 15) is 0 Å². The van der Waals surface area contributed by atoms with Crippen molar-refractivity contribution in [1.29, 1.82) is 0 Å². The van der Waals surface area contributed by atoms with Crippen LogP contribution < -0.4 is 0 Å². The molecule has 0 amide bonds. The van der Waals surface area contributed by atoms with Gasteiger partial charge in [-0.15, -0.1) is 0 Å². The third kappa shape index (κ3) is 50.8. The quantitative estimate of drug-likeness (QED) is 0.221. The summed E-state index contributed by atoms with van der Waals surface area (Å²) in [5, 5.41) is 79.5. The third-order valence-electron chi connectivity index (χ3n) is 1.26. The van der Waals surface area contributed by atoms with Crippen molar-refractivity contribution in [2.24, 2.45) is 0 Å². The molecule has 0 saturated carbocycles. The van der Waals surface area contributed by atoms with Crippen molar-refractivity contribution in [3.05, 3.63) is 0 Å². The first-order valence-corrected chi connectivity index (χ1v) is 6.05. The molecule has 0 aliphatic rings. The maximum atomic E-state index is 9.00. The minimum absolute atomic E-state index is 0.365. The number of carboxylic acid groups (broad SMARTS) is 1. The maximum absolute atomic E-state index is 9.00. The second kappa shape index (κ2) is 25.1. The largest absolute Gasteiger partial charge is 0.481 e. The summed E-state index contributed by atoms with van der Waals surface area (Å²) >= 11 is 0. The summed E-state index contributed by atoms with van der Waals surface area (Å²) in [6.07, 6.45) is -2.86. The molecule has 0 bridgehead atoms. The molecular weight excluding hydrogens is 308 g/mol. The number of hydrogen-bond donors (Lipinski definition) is 10. The molecule has 0 heterocycles. The van der Waals surface area contributed by atoms with Crippen molar-refractivity contribution < 1.29 is 55.9 Å². The van der Waals surface area contributed by atoms with Crippen LogP contribution in [-0.4, -0.2) is 115 Å². The van der Waals surface area contributed by atoms with Crippen LogP contribution in [0.4, 0.5) is 0 Å². The first-order valence-electron chi connectivity index (χ1n) is 6.05. The second-order valence-electron chi connectivity index (χ2n) is 3.58. The van der Waals surface area contributed by atoms with Gasteiger partial charge in [-0.25, -0.2) is 0 Å². The molecule has 0 aromatic carbocycles. The van der Waals surface area contributed by atoms with Gasteiger partial charge in [-0.1, -0.05) is 0 Å². The molecule has 0 aromatic heterocycles. The molecule has 11 nitrogen and oxygen atoms in total. The van der Waals surface area contributed by atoms with E-state index in [1.54, 1.807) is 0 Å². The highest BCUT2D eigenvalue weighted by molar-refractivity contribution is 5.62. The van der Waals surface area contributed by atoms with Crippen LogP contribution in [0.2, 0.25) is 0 Å². The molecule has 0 spiro atoms. The Morgan fingerprint density at radius 3 is 0.727 bits per heavy atom. The summed E-state index contributed by atoms with van der Waals surface area (Å²) in [6, 6.07) is 0. The summed E-state index contributed by atoms with van der Waals surface area (Å²) < 4.78 is 0. The monoisotopic (exact) mass is 336 g/mol. The van der Waals surface area contributed by atoms with E-state index < -0.39 is 24.3 Å². The maximum Gasteiger partial charge on any atom is 0.300 e. The molecule has 0 aromatic rings. The Labute approximate surface area is 128 Å². The van der Waals surface area contributed by atoms with Gasteiger partial charge >= 0.3 is 0 Å². The predicted octanol–water partition coefficient (Wildman–Crippen LogP) is -4.91. The van der Waals surface area contributed by atoms with Crippen molar-refractivity contribution in [3.8, 4) is 0 Å². The van der Waals surface area contributed by atoms with Crippen LogP contribution in [0.5, 0.6) is 0 Å². The highest BCUT2D eigenvalue weighted by atomic mass is 16.4. The van der Waals surface area contributed by atoms with E-state index in [0.717, 1.165) is 6.92 Å². The Balaban J connectivity index is -0.0000000994. The van der Waals surface area contributed by atoms with Crippen molar-refractivity contribution in [2.75, 3.05) is 39.6 Å².